The molecular formula is C9H9F2O. The van der Waals surface area contributed by atoms with Gasteiger partial charge in [-0.1, -0.05) is 6.07 Å². The van der Waals surface area contributed by atoms with Crippen molar-refractivity contribution in [2.45, 2.75) is 6.42 Å². The molecule has 0 amide bonds. The van der Waals surface area contributed by atoms with Crippen LogP contribution in [0.25, 0.3) is 0 Å². The van der Waals surface area contributed by atoms with Crippen LogP contribution in [0.3, 0.4) is 0 Å². The monoisotopic (exact) mass is 171 g/mol. The first-order valence-corrected chi connectivity index (χ1v) is 3.61. The van der Waals surface area contributed by atoms with Crippen LogP contribution >= 0.6 is 0 Å². The van der Waals surface area contributed by atoms with Crippen molar-refractivity contribution in [3.05, 3.63) is 36.8 Å². The highest BCUT2D eigenvalue weighted by Gasteiger charge is 2.07. The van der Waals surface area contributed by atoms with Crippen LogP contribution in [-0.2, 0) is 0 Å². The number of ether oxygens (including phenoxy) is 1. The van der Waals surface area contributed by atoms with Crippen molar-refractivity contribution >= 4 is 0 Å². The second-order valence-corrected chi connectivity index (χ2v) is 2.25. The molecule has 0 atom stereocenters. The van der Waals surface area contributed by atoms with E-state index >= 15 is 0 Å². The predicted molar refractivity (Wildman–Crippen MR) is 41.8 cm³/mol. The molecule has 0 heterocycles. The lowest BCUT2D eigenvalue weighted by molar-refractivity contribution is 0.290. The second-order valence-electron chi connectivity index (χ2n) is 2.25. The fourth-order valence-corrected chi connectivity index (χ4v) is 0.795. The van der Waals surface area contributed by atoms with Crippen molar-refractivity contribution < 1.29 is 13.5 Å². The molecule has 1 rings (SSSR count). The topological polar surface area (TPSA) is 9.23 Å². The first kappa shape index (κ1) is 8.97. The van der Waals surface area contributed by atoms with E-state index in [-0.39, 0.29) is 12.4 Å². The summed E-state index contributed by atoms with van der Waals surface area (Å²) in [7, 11) is 0. The van der Waals surface area contributed by atoms with Gasteiger partial charge in [-0.15, -0.1) is 0 Å². The quantitative estimate of drug-likeness (QED) is 0.679. The fourth-order valence-electron chi connectivity index (χ4n) is 0.795. The van der Waals surface area contributed by atoms with Crippen LogP contribution in [0.4, 0.5) is 8.78 Å². The van der Waals surface area contributed by atoms with Crippen LogP contribution < -0.4 is 4.74 Å². The van der Waals surface area contributed by atoms with E-state index in [1.807, 2.05) is 0 Å². The smallest absolute Gasteiger partial charge is 0.190 e. The van der Waals surface area contributed by atoms with Crippen molar-refractivity contribution in [1.29, 1.82) is 0 Å². The Morgan fingerprint density at radius 1 is 1.25 bits per heavy atom. The molecule has 0 fully saturated rings. The zero-order valence-corrected chi connectivity index (χ0v) is 6.52. The molecule has 0 aliphatic heterocycles. The van der Waals surface area contributed by atoms with E-state index in [4.69, 9.17) is 4.74 Å². The van der Waals surface area contributed by atoms with Gasteiger partial charge < -0.3 is 4.74 Å². The number of halogens is 2. The maximum Gasteiger partial charge on any atom is 0.190 e. The molecule has 3 heteroatoms. The van der Waals surface area contributed by atoms with Gasteiger partial charge in [-0.3, -0.25) is 0 Å². The van der Waals surface area contributed by atoms with Gasteiger partial charge in [-0.2, -0.15) is 0 Å². The molecular weight excluding hydrogens is 162 g/mol. The van der Waals surface area contributed by atoms with E-state index in [0.717, 1.165) is 12.1 Å². The summed E-state index contributed by atoms with van der Waals surface area (Å²) >= 11 is 0. The minimum atomic E-state index is -0.677. The third kappa shape index (κ3) is 1.94. The number of benzene rings is 1. The van der Waals surface area contributed by atoms with E-state index < -0.39 is 11.6 Å². The van der Waals surface area contributed by atoms with Gasteiger partial charge in [0.15, 0.2) is 17.4 Å². The van der Waals surface area contributed by atoms with Crippen molar-refractivity contribution in [1.82, 2.24) is 0 Å². The normalized spacial score (nSPS) is 9.92. The third-order valence-electron chi connectivity index (χ3n) is 1.31. The number of hydrogen-bond donors (Lipinski definition) is 0. The lowest BCUT2D eigenvalue weighted by Crippen LogP contribution is -1.99. The molecule has 65 valence electrons. The van der Waals surface area contributed by atoms with Crippen LogP contribution in [0, 0.1) is 18.6 Å². The highest BCUT2D eigenvalue weighted by molar-refractivity contribution is 5.25. The van der Waals surface area contributed by atoms with E-state index in [0.29, 0.717) is 6.42 Å². The van der Waals surface area contributed by atoms with Gasteiger partial charge in [0.05, 0.1) is 6.61 Å². The predicted octanol–water partition coefficient (Wildman–Crippen LogP) is 2.57. The third-order valence-corrected chi connectivity index (χ3v) is 1.31. The maximum atomic E-state index is 12.8. The van der Waals surface area contributed by atoms with Crippen LogP contribution in [0.5, 0.6) is 5.75 Å². The molecule has 0 aliphatic rings. The molecule has 0 N–H and O–H groups in total. The zero-order chi connectivity index (χ0) is 8.97. The molecule has 0 saturated carbocycles. The van der Waals surface area contributed by atoms with Gasteiger partial charge >= 0.3 is 0 Å². The summed E-state index contributed by atoms with van der Waals surface area (Å²) in [4.78, 5) is 0. The van der Waals surface area contributed by atoms with Crippen LogP contribution in [0.2, 0.25) is 0 Å². The fraction of sp³-hybridized carbons (Fsp3) is 0.222. The standard InChI is InChI=1S/C9H9F2O/c1-2-6-12-9-7(10)4-3-5-8(9)11/h3-5H,1-2,6H2. The molecule has 0 bridgehead atoms. The largest absolute Gasteiger partial charge is 0.488 e. The summed E-state index contributed by atoms with van der Waals surface area (Å²) in [5.74, 6) is -1.67. The molecule has 0 aliphatic carbocycles. The summed E-state index contributed by atoms with van der Waals surface area (Å²) < 4.78 is 30.4. The Kier molecular flexibility index (Phi) is 3.02. The second kappa shape index (κ2) is 4.04. The lowest BCUT2D eigenvalue weighted by atomic mass is 10.3. The molecule has 1 nitrogen and oxygen atoms in total. The van der Waals surface area contributed by atoms with E-state index in [1.165, 1.54) is 6.07 Å². The molecule has 0 aromatic heterocycles. The summed E-state index contributed by atoms with van der Waals surface area (Å²) in [6.45, 7) is 3.71. The summed E-state index contributed by atoms with van der Waals surface area (Å²) in [6, 6.07) is 3.60. The minimum absolute atomic E-state index is 0.220. The average molecular weight is 171 g/mol. The van der Waals surface area contributed by atoms with Gasteiger partial charge in [0.25, 0.3) is 0 Å². The van der Waals surface area contributed by atoms with Crippen molar-refractivity contribution in [3.8, 4) is 5.75 Å². The van der Waals surface area contributed by atoms with Gasteiger partial charge in [0.1, 0.15) is 0 Å². The minimum Gasteiger partial charge on any atom is -0.488 e. The first-order chi connectivity index (χ1) is 5.75. The van der Waals surface area contributed by atoms with Crippen molar-refractivity contribution in [2.75, 3.05) is 6.61 Å². The molecule has 0 unspecified atom stereocenters. The highest BCUT2D eigenvalue weighted by atomic mass is 19.1. The Bertz CT molecular complexity index is 240. The average Bonchev–Trinajstić information content (AvgIpc) is 2.04. The van der Waals surface area contributed by atoms with Gasteiger partial charge in [-0.05, 0) is 25.5 Å². The molecule has 0 saturated heterocycles. The highest BCUT2D eigenvalue weighted by Crippen LogP contribution is 2.20. The summed E-state index contributed by atoms with van der Waals surface area (Å²) in [5, 5.41) is 0. The molecule has 12 heavy (non-hydrogen) atoms. The Morgan fingerprint density at radius 2 is 1.83 bits per heavy atom. The SMILES string of the molecule is [CH2]CCOc1c(F)cccc1F. The van der Waals surface area contributed by atoms with Gasteiger partial charge in [0, 0.05) is 0 Å². The van der Waals surface area contributed by atoms with E-state index in [9.17, 15) is 8.78 Å². The van der Waals surface area contributed by atoms with E-state index in [1.54, 1.807) is 0 Å². The number of para-hydroxylation sites is 1. The van der Waals surface area contributed by atoms with Gasteiger partial charge in [0.2, 0.25) is 0 Å². The Morgan fingerprint density at radius 3 is 2.33 bits per heavy atom. The summed E-state index contributed by atoms with van der Waals surface area (Å²) in [6.07, 6.45) is 0.480. The maximum absolute atomic E-state index is 12.8. The lowest BCUT2D eigenvalue weighted by Gasteiger charge is -2.05. The Hall–Kier alpha value is -1.12. The van der Waals surface area contributed by atoms with E-state index in [2.05, 4.69) is 6.92 Å². The van der Waals surface area contributed by atoms with Crippen LogP contribution in [0.15, 0.2) is 18.2 Å². The van der Waals surface area contributed by atoms with Crippen LogP contribution in [0.1, 0.15) is 6.42 Å². The van der Waals surface area contributed by atoms with Crippen molar-refractivity contribution in [2.24, 2.45) is 0 Å². The first-order valence-electron chi connectivity index (χ1n) is 3.61. The molecule has 1 aromatic rings. The summed E-state index contributed by atoms with van der Waals surface area (Å²) in [5.41, 5.74) is 0. The number of rotatable bonds is 3. The molecule has 1 radical (unpaired) electrons. The number of hydrogen-bond acceptors (Lipinski definition) is 1. The van der Waals surface area contributed by atoms with Gasteiger partial charge in [-0.25, -0.2) is 8.78 Å². The molecule has 1 aromatic carbocycles. The Balaban J connectivity index is 2.81. The van der Waals surface area contributed by atoms with Crippen LogP contribution in [-0.4, -0.2) is 6.61 Å². The zero-order valence-electron chi connectivity index (χ0n) is 6.52. The molecule has 0 spiro atoms. The van der Waals surface area contributed by atoms with Crippen molar-refractivity contribution in [3.63, 3.8) is 0 Å². The Labute approximate surface area is 70.0 Å².